The highest BCUT2D eigenvalue weighted by Crippen LogP contribution is 2.20. The summed E-state index contributed by atoms with van der Waals surface area (Å²) >= 11 is 0. The molecule has 0 aliphatic carbocycles. The van der Waals surface area contributed by atoms with Crippen LogP contribution in [0.25, 0.3) is 0 Å². The topological polar surface area (TPSA) is 21.3 Å². The van der Waals surface area contributed by atoms with E-state index < -0.39 is 0 Å². The fraction of sp³-hybridized carbons (Fsp3) is 1.00. The molecule has 2 atom stereocenters. The van der Waals surface area contributed by atoms with E-state index in [1.807, 2.05) is 0 Å². The highest BCUT2D eigenvalue weighted by atomic mass is 16.5. The van der Waals surface area contributed by atoms with Crippen molar-refractivity contribution in [1.82, 2.24) is 5.32 Å². The molecule has 0 saturated carbocycles. The minimum Gasteiger partial charge on any atom is -0.381 e. The van der Waals surface area contributed by atoms with Gasteiger partial charge in [0.15, 0.2) is 0 Å². The number of hydrogen-bond donors (Lipinski definition) is 1. The Morgan fingerprint density at radius 3 is 2.71 bits per heavy atom. The number of nitrogens with one attached hydrogen (secondary N) is 1. The molecule has 0 aromatic carbocycles. The van der Waals surface area contributed by atoms with E-state index in [-0.39, 0.29) is 0 Å². The van der Waals surface area contributed by atoms with E-state index in [1.54, 1.807) is 0 Å². The average molecular weight is 199 g/mol. The van der Waals surface area contributed by atoms with E-state index >= 15 is 0 Å². The molecule has 0 bridgehead atoms. The molecule has 1 rings (SSSR count). The van der Waals surface area contributed by atoms with Crippen molar-refractivity contribution in [3.8, 4) is 0 Å². The summed E-state index contributed by atoms with van der Waals surface area (Å²) in [6, 6.07) is 0.600. The summed E-state index contributed by atoms with van der Waals surface area (Å²) in [5.41, 5.74) is 0.424. The lowest BCUT2D eigenvalue weighted by atomic mass is 9.89. The second-order valence-corrected chi connectivity index (χ2v) is 5.31. The summed E-state index contributed by atoms with van der Waals surface area (Å²) in [6.45, 7) is 12.2. The van der Waals surface area contributed by atoms with E-state index in [0.29, 0.717) is 11.5 Å². The molecule has 0 radical (unpaired) electrons. The van der Waals surface area contributed by atoms with Crippen LogP contribution >= 0.6 is 0 Å². The summed E-state index contributed by atoms with van der Waals surface area (Å²) in [4.78, 5) is 0. The van der Waals surface area contributed by atoms with E-state index in [4.69, 9.17) is 4.74 Å². The molecule has 84 valence electrons. The molecule has 0 spiro atoms. The van der Waals surface area contributed by atoms with Crippen molar-refractivity contribution in [3.63, 3.8) is 0 Å². The average Bonchev–Trinajstić information content (AvgIpc) is 2.67. The predicted octanol–water partition coefficient (Wildman–Crippen LogP) is 2.44. The summed E-state index contributed by atoms with van der Waals surface area (Å²) in [5, 5.41) is 3.64. The van der Waals surface area contributed by atoms with Crippen LogP contribution in [0.15, 0.2) is 0 Å². The van der Waals surface area contributed by atoms with Gasteiger partial charge in [-0.3, -0.25) is 0 Å². The van der Waals surface area contributed by atoms with Gasteiger partial charge in [0.05, 0.1) is 6.61 Å². The monoisotopic (exact) mass is 199 g/mol. The maximum Gasteiger partial charge on any atom is 0.0509 e. The molecule has 2 unspecified atom stereocenters. The van der Waals surface area contributed by atoms with Crippen LogP contribution in [0.3, 0.4) is 0 Å². The molecule has 2 nitrogen and oxygen atoms in total. The first-order valence-electron chi connectivity index (χ1n) is 5.86. The molecular formula is C12H25NO. The fourth-order valence-electron chi connectivity index (χ4n) is 1.68. The molecule has 2 heteroatoms. The van der Waals surface area contributed by atoms with Gasteiger partial charge in [-0.2, -0.15) is 0 Å². The van der Waals surface area contributed by atoms with Crippen LogP contribution in [-0.2, 0) is 4.74 Å². The van der Waals surface area contributed by atoms with Gasteiger partial charge in [0.25, 0.3) is 0 Å². The minimum absolute atomic E-state index is 0.424. The Morgan fingerprint density at radius 1 is 1.50 bits per heavy atom. The van der Waals surface area contributed by atoms with Crippen LogP contribution in [0.1, 0.15) is 40.5 Å². The Hall–Kier alpha value is -0.0800. The van der Waals surface area contributed by atoms with Crippen molar-refractivity contribution < 1.29 is 4.74 Å². The predicted molar refractivity (Wildman–Crippen MR) is 60.5 cm³/mol. The fourth-order valence-corrected chi connectivity index (χ4v) is 1.68. The van der Waals surface area contributed by atoms with Crippen LogP contribution in [0.2, 0.25) is 0 Å². The first kappa shape index (κ1) is 12.0. The van der Waals surface area contributed by atoms with Gasteiger partial charge in [-0.15, -0.1) is 0 Å². The van der Waals surface area contributed by atoms with Crippen LogP contribution in [0.4, 0.5) is 0 Å². The van der Waals surface area contributed by atoms with Crippen molar-refractivity contribution in [1.29, 1.82) is 0 Å². The highest BCUT2D eigenvalue weighted by Gasteiger charge is 2.23. The lowest BCUT2D eigenvalue weighted by molar-refractivity contribution is 0.175. The smallest absolute Gasteiger partial charge is 0.0509 e. The molecule has 0 aromatic rings. The van der Waals surface area contributed by atoms with Crippen LogP contribution < -0.4 is 5.32 Å². The van der Waals surface area contributed by atoms with Crippen molar-refractivity contribution in [2.24, 2.45) is 11.3 Å². The summed E-state index contributed by atoms with van der Waals surface area (Å²) < 4.78 is 5.40. The standard InChI is InChI=1S/C12H25NO/c1-5-12(3,4)9-13-10(2)11-6-7-14-8-11/h10-11,13H,5-9H2,1-4H3. The first-order chi connectivity index (χ1) is 6.55. The largest absolute Gasteiger partial charge is 0.381 e. The normalized spacial score (nSPS) is 25.3. The Bertz CT molecular complexity index is 162. The molecule has 1 heterocycles. The number of ether oxygens (including phenoxy) is 1. The molecule has 1 fully saturated rings. The van der Waals surface area contributed by atoms with Crippen molar-refractivity contribution in [2.45, 2.75) is 46.6 Å². The van der Waals surface area contributed by atoms with Gasteiger partial charge >= 0.3 is 0 Å². The summed E-state index contributed by atoms with van der Waals surface area (Å²) in [6.07, 6.45) is 2.45. The number of rotatable bonds is 5. The first-order valence-corrected chi connectivity index (χ1v) is 5.86. The van der Waals surface area contributed by atoms with Crippen LogP contribution in [-0.4, -0.2) is 25.8 Å². The van der Waals surface area contributed by atoms with Gasteiger partial charge in [-0.1, -0.05) is 20.8 Å². The third-order valence-electron chi connectivity index (χ3n) is 3.53. The van der Waals surface area contributed by atoms with Crippen molar-refractivity contribution >= 4 is 0 Å². The van der Waals surface area contributed by atoms with Crippen LogP contribution in [0, 0.1) is 11.3 Å². The van der Waals surface area contributed by atoms with Crippen molar-refractivity contribution in [3.05, 3.63) is 0 Å². The van der Waals surface area contributed by atoms with Gasteiger partial charge in [-0.25, -0.2) is 0 Å². The van der Waals surface area contributed by atoms with Crippen LogP contribution in [0.5, 0.6) is 0 Å². The maximum atomic E-state index is 5.40. The Balaban J connectivity index is 2.23. The van der Waals surface area contributed by atoms with Gasteiger partial charge in [-0.05, 0) is 31.1 Å². The second-order valence-electron chi connectivity index (χ2n) is 5.31. The van der Waals surface area contributed by atoms with E-state index in [1.165, 1.54) is 12.8 Å². The molecule has 1 aliphatic heterocycles. The second kappa shape index (κ2) is 5.13. The summed E-state index contributed by atoms with van der Waals surface area (Å²) in [5.74, 6) is 0.725. The maximum absolute atomic E-state index is 5.40. The zero-order valence-corrected chi connectivity index (χ0v) is 10.1. The third kappa shape index (κ3) is 3.58. The molecule has 1 saturated heterocycles. The van der Waals surface area contributed by atoms with E-state index in [2.05, 4.69) is 33.0 Å². The zero-order valence-electron chi connectivity index (χ0n) is 10.1. The van der Waals surface area contributed by atoms with E-state index in [0.717, 1.165) is 25.7 Å². The lowest BCUT2D eigenvalue weighted by Crippen LogP contribution is -2.39. The highest BCUT2D eigenvalue weighted by molar-refractivity contribution is 4.78. The quantitative estimate of drug-likeness (QED) is 0.734. The molecular weight excluding hydrogens is 174 g/mol. The summed E-state index contributed by atoms with van der Waals surface area (Å²) in [7, 11) is 0. The number of hydrogen-bond acceptors (Lipinski definition) is 2. The molecule has 1 N–H and O–H groups in total. The SMILES string of the molecule is CCC(C)(C)CNC(C)C1CCOC1. The Kier molecular flexibility index (Phi) is 4.39. The molecule has 0 amide bonds. The third-order valence-corrected chi connectivity index (χ3v) is 3.53. The Labute approximate surface area is 88.4 Å². The lowest BCUT2D eigenvalue weighted by Gasteiger charge is -2.27. The van der Waals surface area contributed by atoms with E-state index in [9.17, 15) is 0 Å². The minimum atomic E-state index is 0.424. The molecule has 1 aliphatic rings. The van der Waals surface area contributed by atoms with Gasteiger partial charge in [0.1, 0.15) is 0 Å². The van der Waals surface area contributed by atoms with Crippen molar-refractivity contribution in [2.75, 3.05) is 19.8 Å². The molecule has 0 aromatic heterocycles. The zero-order chi connectivity index (χ0) is 10.6. The van der Waals surface area contributed by atoms with Gasteiger partial charge < -0.3 is 10.1 Å². The van der Waals surface area contributed by atoms with Gasteiger partial charge in [0.2, 0.25) is 0 Å². The molecule has 14 heavy (non-hydrogen) atoms. The Morgan fingerprint density at radius 2 is 2.21 bits per heavy atom. The van der Waals surface area contributed by atoms with Gasteiger partial charge in [0, 0.05) is 19.2 Å².